The molecule has 1 rings (SSSR count). The Morgan fingerprint density at radius 1 is 1.11 bits per heavy atom. The molecule has 5 heteroatoms. The van der Waals surface area contributed by atoms with Crippen molar-refractivity contribution in [3.8, 4) is 0 Å². The molecule has 0 aromatic rings. The standard InChI is InChI=1S/C13H24N2O3/c1-11(2)12(3,9(14)17)6-7-13(11,10(15)18)5-4-8-16/h16H,4-8H2,1-3H3,(H2,14,17)(H2,15,18). The van der Waals surface area contributed by atoms with E-state index in [2.05, 4.69) is 0 Å². The van der Waals surface area contributed by atoms with Gasteiger partial charge in [-0.15, -0.1) is 0 Å². The molecule has 5 N–H and O–H groups in total. The molecule has 1 aliphatic rings. The molecule has 0 bridgehead atoms. The van der Waals surface area contributed by atoms with Crippen LogP contribution in [0.4, 0.5) is 0 Å². The molecule has 5 nitrogen and oxygen atoms in total. The topological polar surface area (TPSA) is 106 Å². The van der Waals surface area contributed by atoms with Gasteiger partial charge in [-0.3, -0.25) is 9.59 Å². The van der Waals surface area contributed by atoms with Crippen LogP contribution in [0, 0.1) is 16.2 Å². The van der Waals surface area contributed by atoms with Crippen molar-refractivity contribution in [1.29, 1.82) is 0 Å². The van der Waals surface area contributed by atoms with Gasteiger partial charge >= 0.3 is 0 Å². The summed E-state index contributed by atoms with van der Waals surface area (Å²) in [5.74, 6) is -0.787. The van der Waals surface area contributed by atoms with Crippen molar-refractivity contribution in [3.05, 3.63) is 0 Å². The van der Waals surface area contributed by atoms with Gasteiger partial charge in [0, 0.05) is 6.61 Å². The van der Waals surface area contributed by atoms with Crippen molar-refractivity contribution in [2.45, 2.75) is 46.5 Å². The van der Waals surface area contributed by atoms with Crippen molar-refractivity contribution in [3.63, 3.8) is 0 Å². The van der Waals surface area contributed by atoms with Crippen LogP contribution in [0.5, 0.6) is 0 Å². The molecule has 104 valence electrons. The Labute approximate surface area is 108 Å². The lowest BCUT2D eigenvalue weighted by molar-refractivity contribution is -0.143. The average Bonchev–Trinajstić information content (AvgIpc) is 2.47. The van der Waals surface area contributed by atoms with E-state index in [1.807, 2.05) is 13.8 Å². The van der Waals surface area contributed by atoms with Gasteiger partial charge in [-0.05, 0) is 31.1 Å². The summed E-state index contributed by atoms with van der Waals surface area (Å²) in [5, 5.41) is 8.99. The minimum atomic E-state index is -0.764. The summed E-state index contributed by atoms with van der Waals surface area (Å²) in [6.07, 6.45) is 2.11. The van der Waals surface area contributed by atoms with Gasteiger partial charge in [0.15, 0.2) is 0 Å². The quantitative estimate of drug-likeness (QED) is 0.668. The normalized spacial score (nSPS) is 34.4. The van der Waals surface area contributed by atoms with Crippen LogP contribution >= 0.6 is 0 Å². The molecule has 0 saturated heterocycles. The molecule has 2 amide bonds. The van der Waals surface area contributed by atoms with Crippen LogP contribution in [0.1, 0.15) is 46.5 Å². The van der Waals surface area contributed by atoms with Crippen molar-refractivity contribution in [2.75, 3.05) is 6.61 Å². The van der Waals surface area contributed by atoms with Gasteiger partial charge in [-0.25, -0.2) is 0 Å². The maximum atomic E-state index is 11.9. The molecular formula is C13H24N2O3. The molecule has 0 aromatic heterocycles. The van der Waals surface area contributed by atoms with E-state index < -0.39 is 22.2 Å². The highest BCUT2D eigenvalue weighted by atomic mass is 16.3. The number of aliphatic hydroxyl groups excluding tert-OH is 1. The van der Waals surface area contributed by atoms with Crippen molar-refractivity contribution in [1.82, 2.24) is 0 Å². The third-order valence-corrected chi connectivity index (χ3v) is 5.40. The highest BCUT2D eigenvalue weighted by molar-refractivity contribution is 5.88. The van der Waals surface area contributed by atoms with Crippen molar-refractivity contribution in [2.24, 2.45) is 27.7 Å². The fourth-order valence-electron chi connectivity index (χ4n) is 3.42. The number of primary amides is 2. The number of carbonyl (C=O) groups is 2. The second-order valence-electron chi connectivity index (χ2n) is 6.09. The Bertz CT molecular complexity index is 367. The highest BCUT2D eigenvalue weighted by Crippen LogP contribution is 2.64. The summed E-state index contributed by atoms with van der Waals surface area (Å²) in [6.45, 7) is 5.58. The number of carbonyl (C=O) groups excluding carboxylic acids is 2. The number of nitrogens with two attached hydrogens (primary N) is 2. The first-order chi connectivity index (χ1) is 8.15. The van der Waals surface area contributed by atoms with Gasteiger partial charge in [-0.2, -0.15) is 0 Å². The van der Waals surface area contributed by atoms with Crippen LogP contribution in [-0.2, 0) is 9.59 Å². The maximum absolute atomic E-state index is 11.9. The smallest absolute Gasteiger partial charge is 0.224 e. The predicted molar refractivity (Wildman–Crippen MR) is 68.3 cm³/mol. The van der Waals surface area contributed by atoms with Gasteiger partial charge in [0.05, 0.1) is 10.8 Å². The highest BCUT2D eigenvalue weighted by Gasteiger charge is 2.65. The Kier molecular flexibility index (Phi) is 3.77. The van der Waals surface area contributed by atoms with Crippen LogP contribution in [0.25, 0.3) is 0 Å². The molecule has 2 atom stereocenters. The summed E-state index contributed by atoms with van der Waals surface area (Å²) in [6, 6.07) is 0. The van der Waals surface area contributed by atoms with E-state index in [0.717, 1.165) is 0 Å². The van der Waals surface area contributed by atoms with E-state index in [1.54, 1.807) is 6.92 Å². The number of aliphatic hydroxyl groups is 1. The van der Waals surface area contributed by atoms with Crippen LogP contribution in [-0.4, -0.2) is 23.5 Å². The van der Waals surface area contributed by atoms with Crippen LogP contribution in [0.2, 0.25) is 0 Å². The molecule has 0 aromatic carbocycles. The zero-order chi connectivity index (χ0) is 14.2. The molecule has 1 aliphatic carbocycles. The van der Waals surface area contributed by atoms with E-state index >= 15 is 0 Å². The molecule has 1 fully saturated rings. The monoisotopic (exact) mass is 256 g/mol. The Morgan fingerprint density at radius 2 is 1.67 bits per heavy atom. The second-order valence-corrected chi connectivity index (χ2v) is 6.09. The summed E-state index contributed by atoms with van der Waals surface area (Å²) in [5.41, 5.74) is 9.01. The zero-order valence-corrected chi connectivity index (χ0v) is 11.5. The first-order valence-electron chi connectivity index (χ1n) is 6.36. The third-order valence-electron chi connectivity index (χ3n) is 5.40. The molecule has 0 radical (unpaired) electrons. The van der Waals surface area contributed by atoms with Gasteiger partial charge < -0.3 is 16.6 Å². The van der Waals surface area contributed by atoms with Crippen LogP contribution in [0.15, 0.2) is 0 Å². The largest absolute Gasteiger partial charge is 0.396 e. The molecule has 1 saturated carbocycles. The minimum absolute atomic E-state index is 0.0123. The Hall–Kier alpha value is -1.10. The number of hydrogen-bond acceptors (Lipinski definition) is 3. The summed E-state index contributed by atoms with van der Waals surface area (Å²) in [7, 11) is 0. The van der Waals surface area contributed by atoms with E-state index in [9.17, 15) is 9.59 Å². The maximum Gasteiger partial charge on any atom is 0.224 e. The minimum Gasteiger partial charge on any atom is -0.396 e. The molecule has 0 spiro atoms. The molecule has 0 heterocycles. The Balaban J connectivity index is 3.23. The fraction of sp³-hybridized carbons (Fsp3) is 0.846. The number of hydrogen-bond donors (Lipinski definition) is 3. The zero-order valence-electron chi connectivity index (χ0n) is 11.5. The fourth-order valence-corrected chi connectivity index (χ4v) is 3.42. The first-order valence-corrected chi connectivity index (χ1v) is 6.36. The SMILES string of the molecule is CC1(C(N)=O)CCC(CCCO)(C(N)=O)C1(C)C. The lowest BCUT2D eigenvalue weighted by atomic mass is 9.57. The lowest BCUT2D eigenvalue weighted by Crippen LogP contribution is -2.53. The molecule has 0 aliphatic heterocycles. The number of rotatable bonds is 5. The summed E-state index contributed by atoms with van der Waals surface area (Å²) in [4.78, 5) is 23.7. The van der Waals surface area contributed by atoms with E-state index in [1.165, 1.54) is 0 Å². The van der Waals surface area contributed by atoms with Crippen LogP contribution in [0.3, 0.4) is 0 Å². The van der Waals surface area contributed by atoms with Gasteiger partial charge in [0.1, 0.15) is 0 Å². The van der Waals surface area contributed by atoms with Crippen molar-refractivity contribution >= 4 is 11.8 Å². The van der Waals surface area contributed by atoms with E-state index in [-0.39, 0.29) is 12.5 Å². The summed E-state index contributed by atoms with van der Waals surface area (Å²) < 4.78 is 0. The van der Waals surface area contributed by atoms with Gasteiger partial charge in [-0.1, -0.05) is 20.8 Å². The van der Waals surface area contributed by atoms with E-state index in [4.69, 9.17) is 16.6 Å². The molecular weight excluding hydrogens is 232 g/mol. The van der Waals surface area contributed by atoms with Gasteiger partial charge in [0.2, 0.25) is 11.8 Å². The van der Waals surface area contributed by atoms with Crippen LogP contribution < -0.4 is 11.5 Å². The first kappa shape index (κ1) is 15.0. The average molecular weight is 256 g/mol. The second kappa shape index (κ2) is 4.53. The predicted octanol–water partition coefficient (Wildman–Crippen LogP) is 0.542. The third kappa shape index (κ3) is 1.72. The Morgan fingerprint density at radius 3 is 2.00 bits per heavy atom. The molecule has 18 heavy (non-hydrogen) atoms. The summed E-state index contributed by atoms with van der Waals surface area (Å²) >= 11 is 0. The van der Waals surface area contributed by atoms with Crippen molar-refractivity contribution < 1.29 is 14.7 Å². The molecule has 2 unspecified atom stereocenters. The van der Waals surface area contributed by atoms with E-state index in [0.29, 0.717) is 25.7 Å². The number of amides is 2. The lowest BCUT2D eigenvalue weighted by Gasteiger charge is -2.46. The van der Waals surface area contributed by atoms with Gasteiger partial charge in [0.25, 0.3) is 0 Å².